The summed E-state index contributed by atoms with van der Waals surface area (Å²) in [4.78, 5) is 0.175. The highest BCUT2D eigenvalue weighted by Gasteiger charge is 2.37. The van der Waals surface area contributed by atoms with Gasteiger partial charge < -0.3 is 9.73 Å². The predicted octanol–water partition coefficient (Wildman–Crippen LogP) is 1.84. The summed E-state index contributed by atoms with van der Waals surface area (Å²) in [6.45, 7) is 5.32. The molecule has 0 saturated heterocycles. The average molecular weight is 337 g/mol. The van der Waals surface area contributed by atoms with E-state index < -0.39 is 10.0 Å². The molecule has 18 heavy (non-hydrogen) atoms. The Morgan fingerprint density at radius 2 is 2.22 bits per heavy atom. The van der Waals surface area contributed by atoms with E-state index in [0.29, 0.717) is 18.2 Å². The van der Waals surface area contributed by atoms with Gasteiger partial charge in [-0.1, -0.05) is 13.8 Å². The molecule has 1 heterocycles. The summed E-state index contributed by atoms with van der Waals surface area (Å²) >= 11 is 3.16. The molecular formula is C11H17BrN2O3S. The second-order valence-electron chi connectivity index (χ2n) is 4.57. The van der Waals surface area contributed by atoms with Gasteiger partial charge in [0.05, 0.1) is 6.54 Å². The van der Waals surface area contributed by atoms with Crippen molar-refractivity contribution < 1.29 is 12.8 Å². The monoisotopic (exact) mass is 336 g/mol. The molecule has 102 valence electrons. The van der Waals surface area contributed by atoms with Gasteiger partial charge in [0.25, 0.3) is 0 Å². The molecule has 1 aromatic heterocycles. The largest absolute Gasteiger partial charge is 0.452 e. The Labute approximate surface area is 116 Å². The van der Waals surface area contributed by atoms with Crippen molar-refractivity contribution in [2.45, 2.75) is 37.8 Å². The highest BCUT2D eigenvalue weighted by atomic mass is 79.9. The average Bonchev–Trinajstić information content (AvgIpc) is 2.82. The Balaban J connectivity index is 2.13. The van der Waals surface area contributed by atoms with E-state index in [-0.39, 0.29) is 15.6 Å². The van der Waals surface area contributed by atoms with E-state index >= 15 is 0 Å². The first kappa shape index (κ1) is 14.0. The third-order valence-corrected chi connectivity index (χ3v) is 5.31. The fourth-order valence-corrected chi connectivity index (χ4v) is 4.02. The first-order chi connectivity index (χ1) is 8.44. The molecule has 1 aliphatic carbocycles. The van der Waals surface area contributed by atoms with E-state index in [2.05, 4.69) is 26.0 Å². The van der Waals surface area contributed by atoms with Crippen LogP contribution in [0.25, 0.3) is 0 Å². The van der Waals surface area contributed by atoms with Gasteiger partial charge in [0, 0.05) is 12.1 Å². The summed E-state index contributed by atoms with van der Waals surface area (Å²) in [5.74, 6) is 1.03. The van der Waals surface area contributed by atoms with Crippen molar-refractivity contribution >= 4 is 26.0 Å². The summed E-state index contributed by atoms with van der Waals surface area (Å²) in [6.07, 6.45) is 0.902. The summed E-state index contributed by atoms with van der Waals surface area (Å²) in [5, 5.41) is 3.09. The van der Waals surface area contributed by atoms with Crippen molar-refractivity contribution in [1.29, 1.82) is 0 Å². The maximum absolute atomic E-state index is 12.1. The Bertz CT molecular complexity index is 526. The van der Waals surface area contributed by atoms with E-state index in [1.807, 2.05) is 13.8 Å². The molecule has 0 aromatic carbocycles. The van der Waals surface area contributed by atoms with Crippen molar-refractivity contribution in [1.82, 2.24) is 10.0 Å². The van der Waals surface area contributed by atoms with Crippen LogP contribution in [0.5, 0.6) is 0 Å². The lowest BCUT2D eigenvalue weighted by Gasteiger charge is -2.02. The van der Waals surface area contributed by atoms with Crippen LogP contribution in [0.15, 0.2) is 20.0 Å². The minimum absolute atomic E-state index is 0.0639. The second kappa shape index (κ2) is 5.32. The zero-order valence-corrected chi connectivity index (χ0v) is 12.8. The van der Waals surface area contributed by atoms with Gasteiger partial charge in [-0.25, -0.2) is 13.1 Å². The lowest BCUT2D eigenvalue weighted by atomic mass is 10.4. The van der Waals surface area contributed by atoms with Crippen LogP contribution in [-0.4, -0.2) is 21.0 Å². The van der Waals surface area contributed by atoms with Gasteiger partial charge in [-0.2, -0.15) is 0 Å². The van der Waals surface area contributed by atoms with Crippen LogP contribution in [0.3, 0.4) is 0 Å². The highest BCUT2D eigenvalue weighted by Crippen LogP contribution is 2.32. The van der Waals surface area contributed by atoms with Crippen molar-refractivity contribution in [2.75, 3.05) is 6.54 Å². The molecule has 1 fully saturated rings. The van der Waals surface area contributed by atoms with Crippen LogP contribution < -0.4 is 10.0 Å². The van der Waals surface area contributed by atoms with Crippen LogP contribution in [0.2, 0.25) is 0 Å². The molecule has 5 nitrogen and oxygen atoms in total. The Hall–Kier alpha value is -0.370. The molecule has 7 heteroatoms. The molecule has 0 spiro atoms. The summed E-state index contributed by atoms with van der Waals surface area (Å²) in [7, 11) is -3.48. The van der Waals surface area contributed by atoms with E-state index in [9.17, 15) is 8.42 Å². The smallest absolute Gasteiger partial charge is 0.245 e. The quantitative estimate of drug-likeness (QED) is 0.831. The fraction of sp³-hybridized carbons (Fsp3) is 0.636. The maximum Gasteiger partial charge on any atom is 0.245 e. The zero-order chi connectivity index (χ0) is 13.3. The Kier molecular flexibility index (Phi) is 4.15. The molecule has 0 amide bonds. The number of furan rings is 1. The minimum atomic E-state index is -3.48. The third kappa shape index (κ3) is 3.14. The van der Waals surface area contributed by atoms with Crippen molar-refractivity contribution in [3.05, 3.63) is 16.5 Å². The molecule has 2 atom stereocenters. The molecule has 1 saturated carbocycles. The summed E-state index contributed by atoms with van der Waals surface area (Å²) < 4.78 is 32.5. The van der Waals surface area contributed by atoms with Crippen LogP contribution in [0.4, 0.5) is 0 Å². The van der Waals surface area contributed by atoms with Gasteiger partial charge in [-0.15, -0.1) is 0 Å². The van der Waals surface area contributed by atoms with Crippen LogP contribution >= 0.6 is 15.9 Å². The van der Waals surface area contributed by atoms with Crippen LogP contribution in [0.1, 0.15) is 26.0 Å². The number of rotatable bonds is 6. The molecule has 2 unspecified atom stereocenters. The predicted molar refractivity (Wildman–Crippen MR) is 71.7 cm³/mol. The Morgan fingerprint density at radius 3 is 2.78 bits per heavy atom. The first-order valence-corrected chi connectivity index (χ1v) is 8.23. The van der Waals surface area contributed by atoms with Crippen molar-refractivity contribution in [3.8, 4) is 0 Å². The van der Waals surface area contributed by atoms with Gasteiger partial charge in [0.2, 0.25) is 10.0 Å². The third-order valence-electron chi connectivity index (χ3n) is 2.96. The van der Waals surface area contributed by atoms with Crippen molar-refractivity contribution in [3.63, 3.8) is 0 Å². The molecule has 0 radical (unpaired) electrons. The summed E-state index contributed by atoms with van der Waals surface area (Å²) in [5.41, 5.74) is 0. The normalized spacial score (nSPS) is 23.3. The van der Waals surface area contributed by atoms with Crippen LogP contribution in [-0.2, 0) is 16.6 Å². The Morgan fingerprint density at radius 1 is 1.56 bits per heavy atom. The minimum Gasteiger partial charge on any atom is -0.452 e. The lowest BCUT2D eigenvalue weighted by molar-refractivity contribution is 0.464. The highest BCUT2D eigenvalue weighted by molar-refractivity contribution is 9.10. The second-order valence-corrected chi connectivity index (χ2v) is 6.97. The van der Waals surface area contributed by atoms with Gasteiger partial charge in [0.15, 0.2) is 4.67 Å². The molecule has 1 aromatic rings. The van der Waals surface area contributed by atoms with Gasteiger partial charge in [-0.3, -0.25) is 0 Å². The molecule has 0 bridgehead atoms. The molecular weight excluding hydrogens is 320 g/mol. The molecule has 2 rings (SSSR count). The zero-order valence-electron chi connectivity index (χ0n) is 10.4. The fourth-order valence-electron chi connectivity index (χ4n) is 1.67. The van der Waals surface area contributed by atoms with E-state index in [0.717, 1.165) is 13.0 Å². The standard InChI is InChI=1S/C11H17BrN2O3S/c1-3-13-6-8-5-10(11(12)17-8)18(15,16)14-9-4-7(9)2/h5,7,9,13-14H,3-4,6H2,1-2H3. The molecule has 2 N–H and O–H groups in total. The number of hydrogen-bond donors (Lipinski definition) is 2. The van der Waals surface area contributed by atoms with Gasteiger partial charge in [0.1, 0.15) is 10.7 Å². The lowest BCUT2D eigenvalue weighted by Crippen LogP contribution is -2.26. The van der Waals surface area contributed by atoms with E-state index in [1.54, 1.807) is 6.07 Å². The van der Waals surface area contributed by atoms with E-state index in [1.165, 1.54) is 0 Å². The van der Waals surface area contributed by atoms with E-state index in [4.69, 9.17) is 4.42 Å². The molecule has 0 aliphatic heterocycles. The first-order valence-electron chi connectivity index (χ1n) is 5.95. The van der Waals surface area contributed by atoms with Crippen LogP contribution in [0, 0.1) is 5.92 Å². The SMILES string of the molecule is CCNCc1cc(S(=O)(=O)NC2CC2C)c(Br)o1. The summed E-state index contributed by atoms with van der Waals surface area (Å²) in [6, 6.07) is 1.62. The number of hydrogen-bond acceptors (Lipinski definition) is 4. The molecule has 1 aliphatic rings. The number of nitrogens with one attached hydrogen (secondary N) is 2. The van der Waals surface area contributed by atoms with Crippen molar-refractivity contribution in [2.24, 2.45) is 5.92 Å². The topological polar surface area (TPSA) is 71.3 Å². The number of halogens is 1. The van der Waals surface area contributed by atoms with Gasteiger partial charge >= 0.3 is 0 Å². The maximum atomic E-state index is 12.1. The van der Waals surface area contributed by atoms with Gasteiger partial charge in [-0.05, 0) is 34.8 Å². The number of sulfonamides is 1.